The van der Waals surface area contributed by atoms with Gasteiger partial charge in [-0.3, -0.25) is 9.59 Å². The van der Waals surface area contributed by atoms with Crippen molar-refractivity contribution in [2.45, 2.75) is 57.8 Å². The first-order chi connectivity index (χ1) is 15.0. The molecule has 1 aliphatic heterocycles. The molecule has 1 saturated heterocycles. The lowest BCUT2D eigenvalue weighted by molar-refractivity contribution is -0.137. The van der Waals surface area contributed by atoms with Crippen molar-refractivity contribution >= 4 is 34.4 Å². The molecule has 1 aliphatic carbocycles. The van der Waals surface area contributed by atoms with Gasteiger partial charge in [0.1, 0.15) is 5.69 Å². The smallest absolute Gasteiger partial charge is 0.275 e. The van der Waals surface area contributed by atoms with Crippen molar-refractivity contribution in [1.82, 2.24) is 9.88 Å². The first kappa shape index (κ1) is 21.8. The Morgan fingerprint density at radius 2 is 1.81 bits per heavy atom. The molecule has 1 saturated carbocycles. The maximum absolute atomic E-state index is 12.8. The lowest BCUT2D eigenvalue weighted by Gasteiger charge is -2.34. The van der Waals surface area contributed by atoms with E-state index in [1.54, 1.807) is 11.3 Å². The van der Waals surface area contributed by atoms with E-state index in [1.165, 1.54) is 19.3 Å². The summed E-state index contributed by atoms with van der Waals surface area (Å²) in [5, 5.41) is 5.82. The molecule has 2 aliphatic rings. The van der Waals surface area contributed by atoms with Gasteiger partial charge in [0.15, 0.2) is 0 Å². The van der Waals surface area contributed by atoms with E-state index in [-0.39, 0.29) is 11.8 Å². The van der Waals surface area contributed by atoms with Crippen LogP contribution in [0.4, 0.5) is 5.69 Å². The molecule has 164 valence electrons. The summed E-state index contributed by atoms with van der Waals surface area (Å²) in [5.74, 6) is 0.724. The first-order valence-electron chi connectivity index (χ1n) is 11.3. The molecule has 0 unspecified atom stereocenters. The van der Waals surface area contributed by atoms with Gasteiger partial charge in [0.25, 0.3) is 5.91 Å². The normalized spacial score (nSPS) is 18.0. The fourth-order valence-electron chi connectivity index (χ4n) is 4.68. The number of likely N-dealkylation sites (tertiary alicyclic amines) is 1. The van der Waals surface area contributed by atoms with Gasteiger partial charge in [0, 0.05) is 41.6 Å². The Labute approximate surface area is 188 Å². The Balaban J connectivity index is 1.35. The second kappa shape index (κ2) is 9.77. The average molecular weight is 438 g/mol. The van der Waals surface area contributed by atoms with E-state index < -0.39 is 0 Å². The molecule has 1 N–H and O–H groups in total. The number of piperidine rings is 1. The van der Waals surface area contributed by atoms with Crippen molar-refractivity contribution in [2.75, 3.05) is 18.4 Å². The van der Waals surface area contributed by atoms with E-state index in [9.17, 15) is 9.59 Å². The molecule has 6 heteroatoms. The average Bonchev–Trinajstić information content (AvgIpc) is 3.30. The van der Waals surface area contributed by atoms with Gasteiger partial charge in [-0.15, -0.1) is 11.3 Å². The third-order valence-corrected chi connectivity index (χ3v) is 7.51. The van der Waals surface area contributed by atoms with Crippen molar-refractivity contribution < 1.29 is 9.59 Å². The van der Waals surface area contributed by atoms with Crippen LogP contribution in [0, 0.1) is 5.92 Å². The number of para-hydroxylation sites is 1. The number of hydrogen-bond donors (Lipinski definition) is 1. The van der Waals surface area contributed by atoms with Gasteiger partial charge in [-0.1, -0.05) is 44.0 Å². The number of nitrogens with one attached hydrogen (secondary N) is 1. The number of thiazole rings is 1. The van der Waals surface area contributed by atoms with Crippen molar-refractivity contribution in [1.29, 1.82) is 0 Å². The Morgan fingerprint density at radius 1 is 1.10 bits per heavy atom. The van der Waals surface area contributed by atoms with E-state index in [0.29, 0.717) is 17.5 Å². The lowest BCUT2D eigenvalue weighted by Crippen LogP contribution is -2.41. The highest BCUT2D eigenvalue weighted by atomic mass is 32.1. The molecule has 5 nitrogen and oxygen atoms in total. The van der Waals surface area contributed by atoms with E-state index in [1.807, 2.05) is 36.6 Å². The van der Waals surface area contributed by atoms with Crippen LogP contribution in [0.2, 0.25) is 0 Å². The molecule has 2 heterocycles. The highest BCUT2D eigenvalue weighted by molar-refractivity contribution is 7.10. The van der Waals surface area contributed by atoms with Gasteiger partial charge in [0.2, 0.25) is 5.91 Å². The number of anilines is 1. The number of amides is 2. The Morgan fingerprint density at radius 3 is 2.52 bits per heavy atom. The zero-order valence-corrected chi connectivity index (χ0v) is 19.0. The van der Waals surface area contributed by atoms with Gasteiger partial charge in [-0.05, 0) is 44.2 Å². The van der Waals surface area contributed by atoms with Crippen LogP contribution in [0.3, 0.4) is 0 Å². The molecule has 0 radical (unpaired) electrons. The van der Waals surface area contributed by atoms with Gasteiger partial charge >= 0.3 is 0 Å². The first-order valence-corrected chi connectivity index (χ1v) is 12.2. The minimum absolute atomic E-state index is 0.193. The quantitative estimate of drug-likeness (QED) is 0.651. The van der Waals surface area contributed by atoms with Crippen molar-refractivity contribution in [3.63, 3.8) is 0 Å². The van der Waals surface area contributed by atoms with Crippen LogP contribution in [0.5, 0.6) is 0 Å². The van der Waals surface area contributed by atoms with E-state index >= 15 is 0 Å². The summed E-state index contributed by atoms with van der Waals surface area (Å²) in [6.07, 6.45) is 7.60. The second-order valence-corrected chi connectivity index (χ2v) is 9.68. The monoisotopic (exact) mass is 437 g/mol. The predicted octanol–water partition coefficient (Wildman–Crippen LogP) is 5.71. The summed E-state index contributed by atoms with van der Waals surface area (Å²) in [6.45, 7) is 7.51. The molecule has 2 amide bonds. The fraction of sp³-hybridized carbons (Fsp3) is 0.480. The van der Waals surface area contributed by atoms with E-state index in [0.717, 1.165) is 60.6 Å². The molecule has 1 aromatic heterocycles. The number of carbonyl (C=O) groups excluding carboxylic acids is 2. The molecule has 2 fully saturated rings. The number of aromatic nitrogens is 1. The van der Waals surface area contributed by atoms with Gasteiger partial charge in [-0.2, -0.15) is 0 Å². The predicted molar refractivity (Wildman–Crippen MR) is 126 cm³/mol. The van der Waals surface area contributed by atoms with Crippen molar-refractivity contribution in [2.24, 2.45) is 5.92 Å². The number of allylic oxidation sites excluding steroid dienone is 1. The molecule has 1 aromatic carbocycles. The molecule has 2 aromatic rings. The summed E-state index contributed by atoms with van der Waals surface area (Å²) >= 11 is 1.55. The number of hydrogen-bond acceptors (Lipinski definition) is 4. The molecular formula is C25H31N3O2S. The van der Waals surface area contributed by atoms with Crippen LogP contribution in [-0.2, 0) is 4.79 Å². The fourth-order valence-corrected chi connectivity index (χ4v) is 5.66. The summed E-state index contributed by atoms with van der Waals surface area (Å²) < 4.78 is 0. The number of carbonyl (C=O) groups is 2. The summed E-state index contributed by atoms with van der Waals surface area (Å²) in [5.41, 5.74) is 3.05. The molecule has 0 spiro atoms. The van der Waals surface area contributed by atoms with Crippen molar-refractivity contribution in [3.8, 4) is 0 Å². The maximum atomic E-state index is 12.8. The number of benzene rings is 1. The third kappa shape index (κ3) is 5.06. The molecule has 31 heavy (non-hydrogen) atoms. The minimum Gasteiger partial charge on any atom is -0.342 e. The van der Waals surface area contributed by atoms with Gasteiger partial charge in [0.05, 0.1) is 5.01 Å². The second-order valence-electron chi connectivity index (χ2n) is 8.79. The Bertz CT molecular complexity index is 953. The van der Waals surface area contributed by atoms with E-state index in [2.05, 4.69) is 21.8 Å². The zero-order chi connectivity index (χ0) is 21.8. The molecule has 4 rings (SSSR count). The largest absolute Gasteiger partial charge is 0.342 e. The lowest BCUT2D eigenvalue weighted by atomic mass is 9.87. The standard InChI is InChI=1S/C25H31N3O2S/c1-17(2)20-10-6-7-11-21(20)26-23(29)22-16-31-24(27-22)18-12-14-28(15-13-18)25(30)19-8-4-3-5-9-19/h6-7,10-11,16,18-19H,1,3-5,8-9,12-15H2,2H3,(H,26,29). The molecule has 0 bridgehead atoms. The SMILES string of the molecule is C=C(C)c1ccccc1NC(=O)c1csc(C2CCN(C(=O)C3CCCCC3)CC2)n1. The van der Waals surface area contributed by atoms with Crippen molar-refractivity contribution in [3.05, 3.63) is 52.5 Å². The molecule has 0 atom stereocenters. The summed E-state index contributed by atoms with van der Waals surface area (Å²) in [4.78, 5) is 32.2. The van der Waals surface area contributed by atoms with Gasteiger partial charge < -0.3 is 10.2 Å². The van der Waals surface area contributed by atoms with Crippen LogP contribution in [0.1, 0.15) is 78.8 Å². The zero-order valence-electron chi connectivity index (χ0n) is 18.2. The van der Waals surface area contributed by atoms with E-state index in [4.69, 9.17) is 0 Å². The topological polar surface area (TPSA) is 62.3 Å². The Hall–Kier alpha value is -2.47. The number of rotatable bonds is 5. The van der Waals surface area contributed by atoms with Gasteiger partial charge in [-0.25, -0.2) is 4.98 Å². The third-order valence-electron chi connectivity index (χ3n) is 6.50. The van der Waals surface area contributed by atoms with Crippen LogP contribution in [0.15, 0.2) is 36.2 Å². The highest BCUT2D eigenvalue weighted by Crippen LogP contribution is 2.33. The Kier molecular flexibility index (Phi) is 6.86. The minimum atomic E-state index is -0.193. The van der Waals surface area contributed by atoms with Crippen LogP contribution < -0.4 is 5.32 Å². The molecular weight excluding hydrogens is 406 g/mol. The summed E-state index contributed by atoms with van der Waals surface area (Å²) in [6, 6.07) is 7.67. The number of nitrogens with zero attached hydrogens (tertiary/aromatic N) is 2. The van der Waals surface area contributed by atoms with Crippen LogP contribution >= 0.6 is 11.3 Å². The highest BCUT2D eigenvalue weighted by Gasteiger charge is 2.30. The summed E-state index contributed by atoms with van der Waals surface area (Å²) in [7, 11) is 0. The maximum Gasteiger partial charge on any atom is 0.275 e. The van der Waals surface area contributed by atoms with Crippen LogP contribution in [0.25, 0.3) is 5.57 Å². The van der Waals surface area contributed by atoms with Crippen LogP contribution in [-0.4, -0.2) is 34.8 Å².